The van der Waals surface area contributed by atoms with Crippen LogP contribution < -0.4 is 5.32 Å². The highest BCUT2D eigenvalue weighted by molar-refractivity contribution is 5.94. The maximum absolute atomic E-state index is 12.3. The molecule has 1 unspecified atom stereocenters. The van der Waals surface area contributed by atoms with Gasteiger partial charge in [-0.2, -0.15) is 0 Å². The molecule has 22 heavy (non-hydrogen) atoms. The average molecular weight is 299 g/mol. The van der Waals surface area contributed by atoms with Crippen LogP contribution in [0.15, 0.2) is 36.3 Å². The molecular weight excluding hydrogens is 278 g/mol. The van der Waals surface area contributed by atoms with Crippen LogP contribution in [-0.2, 0) is 4.79 Å². The summed E-state index contributed by atoms with van der Waals surface area (Å²) in [5.74, 6) is 0.0884. The Hall–Kier alpha value is -2.17. The van der Waals surface area contributed by atoms with Crippen molar-refractivity contribution in [2.45, 2.75) is 32.1 Å². The van der Waals surface area contributed by atoms with Crippen molar-refractivity contribution >= 4 is 11.8 Å². The highest BCUT2D eigenvalue weighted by atomic mass is 16.2. The Morgan fingerprint density at radius 2 is 2.14 bits per heavy atom. The van der Waals surface area contributed by atoms with Gasteiger partial charge in [-0.05, 0) is 37.8 Å². The average Bonchev–Trinajstić information content (AvgIpc) is 2.57. The van der Waals surface area contributed by atoms with E-state index in [9.17, 15) is 9.59 Å². The van der Waals surface area contributed by atoms with Crippen molar-refractivity contribution in [2.75, 3.05) is 13.6 Å². The molecule has 116 valence electrons. The maximum atomic E-state index is 12.3. The van der Waals surface area contributed by atoms with Gasteiger partial charge in [-0.3, -0.25) is 14.6 Å². The molecule has 0 aromatic carbocycles. The standard InChI is InChI=1S/C17H21N3O2/c1-20-14-4-2-3-8-17(14,9-5-15(20)21)12-19-16(22)13-6-10-18-11-7-13/h4,6-7,10-11H,2-3,5,8-9,12H2,1H3,(H,19,22). The van der Waals surface area contributed by atoms with E-state index in [-0.39, 0.29) is 17.2 Å². The SMILES string of the molecule is CN1C(=O)CCC2(CNC(=O)c3ccncc3)CCCC=C12. The van der Waals surface area contributed by atoms with Crippen LogP contribution in [0.2, 0.25) is 0 Å². The van der Waals surface area contributed by atoms with Crippen LogP contribution in [0.5, 0.6) is 0 Å². The molecule has 1 fully saturated rings. The van der Waals surface area contributed by atoms with Gasteiger partial charge in [-0.25, -0.2) is 0 Å². The first-order valence-corrected chi connectivity index (χ1v) is 7.78. The van der Waals surface area contributed by atoms with E-state index >= 15 is 0 Å². The molecule has 1 aromatic heterocycles. The van der Waals surface area contributed by atoms with E-state index in [2.05, 4.69) is 16.4 Å². The Kier molecular flexibility index (Phi) is 3.96. The number of fused-ring (bicyclic) bond motifs is 1. The lowest BCUT2D eigenvalue weighted by atomic mass is 9.70. The molecule has 2 aliphatic rings. The number of amides is 2. The van der Waals surface area contributed by atoms with Crippen LogP contribution in [0, 0.1) is 5.41 Å². The highest BCUT2D eigenvalue weighted by Crippen LogP contribution is 2.45. The molecule has 2 amide bonds. The molecule has 2 heterocycles. The molecule has 5 nitrogen and oxygen atoms in total. The summed E-state index contributed by atoms with van der Waals surface area (Å²) < 4.78 is 0. The number of hydrogen-bond acceptors (Lipinski definition) is 3. The van der Waals surface area contributed by atoms with Gasteiger partial charge < -0.3 is 10.2 Å². The van der Waals surface area contributed by atoms with E-state index in [1.54, 1.807) is 29.4 Å². The van der Waals surface area contributed by atoms with E-state index in [1.807, 2.05) is 7.05 Å². The number of carbonyl (C=O) groups excluding carboxylic acids is 2. The van der Waals surface area contributed by atoms with Gasteiger partial charge in [0.25, 0.3) is 5.91 Å². The van der Waals surface area contributed by atoms with Gasteiger partial charge in [-0.15, -0.1) is 0 Å². The topological polar surface area (TPSA) is 62.3 Å². The second-order valence-electron chi connectivity index (χ2n) is 6.13. The zero-order valence-electron chi connectivity index (χ0n) is 12.8. The number of pyridine rings is 1. The van der Waals surface area contributed by atoms with Gasteiger partial charge in [0.2, 0.25) is 5.91 Å². The molecule has 1 saturated heterocycles. The fourth-order valence-corrected chi connectivity index (χ4v) is 3.54. The number of piperidine rings is 1. The first-order chi connectivity index (χ1) is 10.6. The van der Waals surface area contributed by atoms with Gasteiger partial charge in [0, 0.05) is 49.1 Å². The molecular formula is C17H21N3O2. The molecule has 1 aromatic rings. The van der Waals surface area contributed by atoms with E-state index in [0.717, 1.165) is 31.4 Å². The third-order valence-corrected chi connectivity index (χ3v) is 4.82. The van der Waals surface area contributed by atoms with Crippen molar-refractivity contribution in [1.29, 1.82) is 0 Å². The van der Waals surface area contributed by atoms with Gasteiger partial charge in [-0.1, -0.05) is 6.08 Å². The minimum atomic E-state index is -0.0937. The summed E-state index contributed by atoms with van der Waals surface area (Å²) >= 11 is 0. The quantitative estimate of drug-likeness (QED) is 0.930. The zero-order chi connectivity index (χ0) is 15.6. The lowest BCUT2D eigenvalue weighted by Gasteiger charge is -2.46. The van der Waals surface area contributed by atoms with E-state index in [1.165, 1.54) is 0 Å². The number of rotatable bonds is 3. The molecule has 0 radical (unpaired) electrons. The summed E-state index contributed by atoms with van der Waals surface area (Å²) in [6.45, 7) is 0.581. The number of likely N-dealkylation sites (tertiary alicyclic amines) is 1. The Balaban J connectivity index is 1.75. The predicted molar refractivity (Wildman–Crippen MR) is 82.9 cm³/mol. The number of aromatic nitrogens is 1. The van der Waals surface area contributed by atoms with Crippen LogP contribution >= 0.6 is 0 Å². The Morgan fingerprint density at radius 3 is 2.91 bits per heavy atom. The smallest absolute Gasteiger partial charge is 0.251 e. The summed E-state index contributed by atoms with van der Waals surface area (Å²) in [4.78, 5) is 29.9. The van der Waals surface area contributed by atoms with Crippen LogP contribution in [0.4, 0.5) is 0 Å². The summed E-state index contributed by atoms with van der Waals surface area (Å²) in [5.41, 5.74) is 1.61. The fraction of sp³-hybridized carbons (Fsp3) is 0.471. The number of nitrogens with one attached hydrogen (secondary N) is 1. The second-order valence-corrected chi connectivity index (χ2v) is 6.13. The minimum absolute atomic E-state index is 0.0822. The molecule has 1 atom stereocenters. The van der Waals surface area contributed by atoms with Crippen LogP contribution in [-0.4, -0.2) is 35.3 Å². The first-order valence-electron chi connectivity index (χ1n) is 7.78. The number of carbonyl (C=O) groups is 2. The van der Waals surface area contributed by atoms with Gasteiger partial charge in [0.05, 0.1) is 0 Å². The third kappa shape index (κ3) is 2.63. The summed E-state index contributed by atoms with van der Waals surface area (Å²) in [7, 11) is 1.85. The Labute approximate surface area is 130 Å². The highest BCUT2D eigenvalue weighted by Gasteiger charge is 2.43. The van der Waals surface area contributed by atoms with Crippen molar-refractivity contribution in [3.63, 3.8) is 0 Å². The first kappa shape index (κ1) is 14.8. The molecule has 5 heteroatoms. The molecule has 3 rings (SSSR count). The molecule has 1 N–H and O–H groups in total. The van der Waals surface area contributed by atoms with E-state index in [4.69, 9.17) is 0 Å². The lowest BCUT2D eigenvalue weighted by Crippen LogP contribution is -2.49. The van der Waals surface area contributed by atoms with Crippen molar-refractivity contribution in [3.05, 3.63) is 41.9 Å². The van der Waals surface area contributed by atoms with Gasteiger partial charge in [0.1, 0.15) is 0 Å². The van der Waals surface area contributed by atoms with Crippen molar-refractivity contribution in [1.82, 2.24) is 15.2 Å². The Morgan fingerprint density at radius 1 is 1.36 bits per heavy atom. The zero-order valence-corrected chi connectivity index (χ0v) is 12.8. The molecule has 0 bridgehead atoms. The number of nitrogens with zero attached hydrogens (tertiary/aromatic N) is 2. The predicted octanol–water partition coefficient (Wildman–Crippen LogP) is 2.12. The monoisotopic (exact) mass is 299 g/mol. The van der Waals surface area contributed by atoms with Crippen molar-refractivity contribution in [2.24, 2.45) is 5.41 Å². The largest absolute Gasteiger partial charge is 0.351 e. The summed E-state index contributed by atoms with van der Waals surface area (Å²) in [5, 5.41) is 3.05. The summed E-state index contributed by atoms with van der Waals surface area (Å²) in [6.07, 6.45) is 9.91. The van der Waals surface area contributed by atoms with Crippen LogP contribution in [0.25, 0.3) is 0 Å². The van der Waals surface area contributed by atoms with Crippen LogP contribution in [0.3, 0.4) is 0 Å². The normalized spacial score (nSPS) is 24.5. The van der Waals surface area contributed by atoms with E-state index < -0.39 is 0 Å². The van der Waals surface area contributed by atoms with Crippen molar-refractivity contribution < 1.29 is 9.59 Å². The molecule has 1 aliphatic heterocycles. The van der Waals surface area contributed by atoms with Gasteiger partial charge >= 0.3 is 0 Å². The van der Waals surface area contributed by atoms with E-state index in [0.29, 0.717) is 18.5 Å². The number of allylic oxidation sites excluding steroid dienone is 1. The molecule has 0 spiro atoms. The second kappa shape index (κ2) is 5.91. The summed E-state index contributed by atoms with van der Waals surface area (Å²) in [6, 6.07) is 3.42. The van der Waals surface area contributed by atoms with Gasteiger partial charge in [0.15, 0.2) is 0 Å². The molecule has 1 aliphatic carbocycles. The molecule has 0 saturated carbocycles. The Bertz CT molecular complexity index is 612. The lowest BCUT2D eigenvalue weighted by molar-refractivity contribution is -0.132. The minimum Gasteiger partial charge on any atom is -0.351 e. The third-order valence-electron chi connectivity index (χ3n) is 4.82. The fourth-order valence-electron chi connectivity index (χ4n) is 3.54. The number of hydrogen-bond donors (Lipinski definition) is 1. The maximum Gasteiger partial charge on any atom is 0.251 e. The van der Waals surface area contributed by atoms with Crippen molar-refractivity contribution in [3.8, 4) is 0 Å². The van der Waals surface area contributed by atoms with Crippen LogP contribution in [0.1, 0.15) is 42.5 Å².